The van der Waals surface area contributed by atoms with Crippen molar-refractivity contribution in [1.82, 2.24) is 15.1 Å². The highest BCUT2D eigenvalue weighted by atomic mass is 35.5. The molecule has 0 spiro atoms. The highest BCUT2D eigenvalue weighted by Gasteiger charge is 2.26. The highest BCUT2D eigenvalue weighted by molar-refractivity contribution is 6.31. The van der Waals surface area contributed by atoms with Crippen LogP contribution in [0.2, 0.25) is 5.02 Å². The van der Waals surface area contributed by atoms with E-state index in [1.165, 1.54) is 6.42 Å². The minimum absolute atomic E-state index is 0.295. The Hall–Kier alpha value is -1.01. The first-order chi connectivity index (χ1) is 10.8. The van der Waals surface area contributed by atoms with Gasteiger partial charge < -0.3 is 14.8 Å². The van der Waals surface area contributed by atoms with Gasteiger partial charge in [0.1, 0.15) is 0 Å². The van der Waals surface area contributed by atoms with Crippen molar-refractivity contribution in [1.29, 1.82) is 0 Å². The first-order valence-corrected chi connectivity index (χ1v) is 8.42. The van der Waals surface area contributed by atoms with Crippen molar-refractivity contribution < 1.29 is 9.47 Å². The van der Waals surface area contributed by atoms with Crippen molar-refractivity contribution in [3.8, 4) is 11.5 Å². The molecule has 3 heterocycles. The Labute approximate surface area is 136 Å². The normalized spacial score (nSPS) is 25.8. The summed E-state index contributed by atoms with van der Waals surface area (Å²) in [7, 11) is 0. The number of halogens is 1. The molecule has 3 aliphatic heterocycles. The summed E-state index contributed by atoms with van der Waals surface area (Å²) in [5.41, 5.74) is 1.13. The number of hydrogen-bond donors (Lipinski definition) is 1. The maximum Gasteiger partial charge on any atom is 0.231 e. The number of fused-ring (bicyclic) bond motifs is 1. The molecule has 120 valence electrons. The molecule has 0 radical (unpaired) electrons. The molecule has 0 saturated carbocycles. The van der Waals surface area contributed by atoms with Gasteiger partial charge in [-0.25, -0.2) is 0 Å². The molecular weight excluding hydrogens is 302 g/mol. The lowest BCUT2D eigenvalue weighted by atomic mass is 10.1. The van der Waals surface area contributed by atoms with Crippen LogP contribution in [0.5, 0.6) is 11.5 Å². The van der Waals surface area contributed by atoms with Crippen LogP contribution in [0.4, 0.5) is 0 Å². The first-order valence-electron chi connectivity index (χ1n) is 8.05. The maximum atomic E-state index is 6.38. The largest absolute Gasteiger partial charge is 0.454 e. The molecule has 3 aliphatic rings. The van der Waals surface area contributed by atoms with E-state index in [4.69, 9.17) is 21.1 Å². The molecule has 22 heavy (non-hydrogen) atoms. The van der Waals surface area contributed by atoms with Crippen LogP contribution in [0.3, 0.4) is 0 Å². The number of benzene rings is 1. The Morgan fingerprint density at radius 2 is 1.91 bits per heavy atom. The zero-order valence-corrected chi connectivity index (χ0v) is 13.4. The van der Waals surface area contributed by atoms with Gasteiger partial charge >= 0.3 is 0 Å². The second-order valence-electron chi connectivity index (χ2n) is 6.26. The molecule has 0 aromatic heterocycles. The molecule has 0 amide bonds. The molecule has 1 aromatic rings. The number of rotatable bonds is 3. The highest BCUT2D eigenvalue weighted by Crippen LogP contribution is 2.37. The predicted molar refractivity (Wildman–Crippen MR) is 85.7 cm³/mol. The summed E-state index contributed by atoms with van der Waals surface area (Å²) >= 11 is 6.38. The van der Waals surface area contributed by atoms with Crippen LogP contribution in [0.1, 0.15) is 12.0 Å². The average Bonchev–Trinajstić information content (AvgIpc) is 3.19. The SMILES string of the molecule is Clc1cc2c(cc1CN1CCN([C@H]3CCNC3)CC1)OCO2. The van der Waals surface area contributed by atoms with Crippen molar-refractivity contribution in [2.45, 2.75) is 19.0 Å². The van der Waals surface area contributed by atoms with Crippen molar-refractivity contribution in [2.24, 2.45) is 0 Å². The third-order valence-corrected chi connectivity index (χ3v) is 5.24. The molecule has 4 rings (SSSR count). The van der Waals surface area contributed by atoms with E-state index >= 15 is 0 Å². The lowest BCUT2D eigenvalue weighted by molar-refractivity contribution is 0.0981. The van der Waals surface area contributed by atoms with Crippen molar-refractivity contribution in [3.63, 3.8) is 0 Å². The average molecular weight is 324 g/mol. The molecular formula is C16H22ClN3O2. The van der Waals surface area contributed by atoms with Crippen LogP contribution in [0, 0.1) is 0 Å². The monoisotopic (exact) mass is 323 g/mol. The lowest BCUT2D eigenvalue weighted by Crippen LogP contribution is -2.50. The van der Waals surface area contributed by atoms with Gasteiger partial charge in [0.05, 0.1) is 0 Å². The fraction of sp³-hybridized carbons (Fsp3) is 0.625. The Morgan fingerprint density at radius 3 is 2.64 bits per heavy atom. The standard InChI is InChI=1S/C16H22ClN3O2/c17-14-8-16-15(21-11-22-16)7-12(14)10-19-3-5-20(6-4-19)13-1-2-18-9-13/h7-8,13,18H,1-6,9-11H2/t13-/m0/s1. The van der Waals surface area contributed by atoms with Crippen molar-refractivity contribution in [2.75, 3.05) is 46.1 Å². The number of piperazine rings is 1. The van der Waals surface area contributed by atoms with Gasteiger partial charge in [0.2, 0.25) is 6.79 Å². The van der Waals surface area contributed by atoms with Gasteiger partial charge in [0.15, 0.2) is 11.5 Å². The van der Waals surface area contributed by atoms with Gasteiger partial charge in [-0.05, 0) is 24.6 Å². The Kier molecular flexibility index (Phi) is 4.13. The Balaban J connectivity index is 1.36. The molecule has 2 saturated heterocycles. The van der Waals surface area contributed by atoms with Gasteiger partial charge in [-0.2, -0.15) is 0 Å². The Morgan fingerprint density at radius 1 is 1.14 bits per heavy atom. The summed E-state index contributed by atoms with van der Waals surface area (Å²) in [4.78, 5) is 5.10. The van der Waals surface area contributed by atoms with Gasteiger partial charge in [-0.1, -0.05) is 11.6 Å². The van der Waals surface area contributed by atoms with Gasteiger partial charge in [-0.15, -0.1) is 0 Å². The van der Waals surface area contributed by atoms with E-state index in [1.807, 2.05) is 12.1 Å². The zero-order chi connectivity index (χ0) is 14.9. The van der Waals surface area contributed by atoms with Crippen molar-refractivity contribution in [3.05, 3.63) is 22.7 Å². The number of hydrogen-bond acceptors (Lipinski definition) is 5. The molecule has 0 aliphatic carbocycles. The molecule has 0 unspecified atom stereocenters. The second kappa shape index (κ2) is 6.24. The van der Waals surface area contributed by atoms with E-state index in [2.05, 4.69) is 15.1 Å². The zero-order valence-electron chi connectivity index (χ0n) is 12.7. The summed E-state index contributed by atoms with van der Waals surface area (Å²) in [5.74, 6) is 1.57. The molecule has 1 N–H and O–H groups in total. The van der Waals surface area contributed by atoms with Crippen LogP contribution in [-0.2, 0) is 6.54 Å². The molecule has 1 atom stereocenters. The lowest BCUT2D eigenvalue weighted by Gasteiger charge is -2.37. The summed E-state index contributed by atoms with van der Waals surface area (Å²) in [6, 6.07) is 4.63. The van der Waals surface area contributed by atoms with E-state index in [1.54, 1.807) is 0 Å². The van der Waals surface area contributed by atoms with E-state index in [9.17, 15) is 0 Å². The van der Waals surface area contributed by atoms with Crippen LogP contribution in [0.25, 0.3) is 0 Å². The van der Waals surface area contributed by atoms with Crippen LogP contribution >= 0.6 is 11.6 Å². The topological polar surface area (TPSA) is 37.0 Å². The molecule has 5 nitrogen and oxygen atoms in total. The fourth-order valence-corrected chi connectivity index (χ4v) is 3.77. The number of nitrogens with one attached hydrogen (secondary N) is 1. The Bertz CT molecular complexity index is 540. The summed E-state index contributed by atoms with van der Waals surface area (Å²) in [6.07, 6.45) is 1.29. The second-order valence-corrected chi connectivity index (χ2v) is 6.66. The van der Waals surface area contributed by atoms with E-state index in [0.717, 1.165) is 73.9 Å². The van der Waals surface area contributed by atoms with E-state index in [-0.39, 0.29) is 0 Å². The fourth-order valence-electron chi connectivity index (χ4n) is 3.56. The van der Waals surface area contributed by atoms with Gasteiger partial charge in [-0.3, -0.25) is 9.80 Å². The summed E-state index contributed by atoms with van der Waals surface area (Å²) in [6.45, 7) is 7.98. The quantitative estimate of drug-likeness (QED) is 0.913. The van der Waals surface area contributed by atoms with Crippen molar-refractivity contribution >= 4 is 11.6 Å². The minimum atomic E-state index is 0.295. The number of nitrogens with zero attached hydrogens (tertiary/aromatic N) is 2. The molecule has 6 heteroatoms. The molecule has 2 fully saturated rings. The summed E-state index contributed by atoms with van der Waals surface area (Å²) < 4.78 is 10.8. The van der Waals surface area contributed by atoms with E-state index in [0.29, 0.717) is 6.79 Å². The third kappa shape index (κ3) is 2.91. The smallest absolute Gasteiger partial charge is 0.231 e. The van der Waals surface area contributed by atoms with Crippen LogP contribution in [0.15, 0.2) is 12.1 Å². The maximum absolute atomic E-state index is 6.38. The molecule has 0 bridgehead atoms. The van der Waals surface area contributed by atoms with Crippen LogP contribution in [-0.4, -0.2) is 61.9 Å². The van der Waals surface area contributed by atoms with Gasteiger partial charge in [0.25, 0.3) is 0 Å². The summed E-state index contributed by atoms with van der Waals surface area (Å²) in [5, 5.41) is 4.22. The van der Waals surface area contributed by atoms with Gasteiger partial charge in [0, 0.05) is 56.4 Å². The molecule has 1 aromatic carbocycles. The number of ether oxygens (including phenoxy) is 2. The first kappa shape index (κ1) is 14.6. The van der Waals surface area contributed by atoms with E-state index < -0.39 is 0 Å². The van der Waals surface area contributed by atoms with Crippen LogP contribution < -0.4 is 14.8 Å². The predicted octanol–water partition coefficient (Wildman–Crippen LogP) is 1.55. The minimum Gasteiger partial charge on any atom is -0.454 e. The third-order valence-electron chi connectivity index (χ3n) is 4.89.